The molecule has 0 fully saturated rings. The number of rotatable bonds is 6. The van der Waals surface area contributed by atoms with E-state index in [0.29, 0.717) is 29.1 Å². The van der Waals surface area contributed by atoms with Gasteiger partial charge in [-0.1, -0.05) is 32.4 Å². The number of carboxylic acid groups (broad SMARTS) is 1. The van der Waals surface area contributed by atoms with E-state index in [9.17, 15) is 20.1 Å². The van der Waals surface area contributed by atoms with Crippen LogP contribution >= 0.6 is 0 Å². The van der Waals surface area contributed by atoms with Crippen LogP contribution in [0.3, 0.4) is 0 Å². The van der Waals surface area contributed by atoms with Gasteiger partial charge in [-0.05, 0) is 86.1 Å². The molecule has 43 heavy (non-hydrogen) atoms. The first-order valence-electron chi connectivity index (χ1n) is 14.9. The van der Waals surface area contributed by atoms with Crippen molar-refractivity contribution in [2.24, 2.45) is 26.8 Å². The van der Waals surface area contributed by atoms with Crippen molar-refractivity contribution < 1.29 is 20.1 Å². The molecule has 8 bridgehead atoms. The predicted octanol–water partition coefficient (Wildman–Crippen LogP) is 2.88. The number of fused-ring (bicyclic) bond motifs is 5. The van der Waals surface area contributed by atoms with Crippen LogP contribution in [0.2, 0.25) is 0 Å². The molecule has 6 rings (SSSR count). The van der Waals surface area contributed by atoms with Crippen LogP contribution in [0.4, 0.5) is 0 Å². The Hall–Kier alpha value is -3.27. The maximum atomic E-state index is 13.5. The molecule has 3 atom stereocenters. The molecule has 8 nitrogen and oxygen atoms in total. The first kappa shape index (κ1) is 31.2. The standard InChI is InChI=1S/C34H38N4O4.Mg/c1-7-19-15(3)23-13-28-31(18(6)39)17(5)25(36-28)12-24-16(4)21(9-10-30(41)42)33(37-24)22-11-29(40)32-20(8-2)27(38-34(22)32)14-26(19)35-23;/h12-14,16,18,21,39H,7-11H2,1-6H3,(H3,35,36,37,38,40,41,42);/q;+2/p-2/t16-,18?,21-;/m0./s1. The number of aromatic nitrogens is 1. The molecule has 1 aliphatic carbocycles. The van der Waals surface area contributed by atoms with Gasteiger partial charge in [-0.2, -0.15) is 0 Å². The van der Waals surface area contributed by atoms with Crippen LogP contribution in [0, 0.1) is 11.8 Å². The van der Waals surface area contributed by atoms with Crippen LogP contribution in [0.25, 0.3) is 17.4 Å². The molecule has 5 aliphatic rings. The third-order valence-corrected chi connectivity index (χ3v) is 9.28. The van der Waals surface area contributed by atoms with E-state index in [0.717, 1.165) is 74.1 Å². The summed E-state index contributed by atoms with van der Waals surface area (Å²) in [5.74, 6) is -1.08. The molecule has 9 heteroatoms. The summed E-state index contributed by atoms with van der Waals surface area (Å²) < 4.78 is 0. The van der Waals surface area contributed by atoms with Crippen molar-refractivity contribution in [3.8, 4) is 0 Å². The van der Waals surface area contributed by atoms with E-state index in [-0.39, 0.29) is 53.5 Å². The number of aliphatic imine (C=N–C) groups is 3. The van der Waals surface area contributed by atoms with Crippen molar-refractivity contribution in [3.05, 3.63) is 73.4 Å². The van der Waals surface area contributed by atoms with Crippen molar-refractivity contribution in [2.45, 2.75) is 79.8 Å². The molecule has 2 N–H and O–H groups in total. The molecule has 0 aromatic carbocycles. The molecule has 1 unspecified atom stereocenters. The third-order valence-electron chi connectivity index (χ3n) is 9.28. The van der Waals surface area contributed by atoms with E-state index in [4.69, 9.17) is 20.0 Å². The van der Waals surface area contributed by atoms with Gasteiger partial charge in [-0.15, -0.1) is 16.8 Å². The van der Waals surface area contributed by atoms with Crippen LogP contribution in [0.15, 0.2) is 66.5 Å². The second-order valence-corrected chi connectivity index (χ2v) is 11.8. The summed E-state index contributed by atoms with van der Waals surface area (Å²) in [5.41, 5.74) is 10.8. The zero-order valence-corrected chi connectivity index (χ0v) is 27.1. The van der Waals surface area contributed by atoms with Crippen molar-refractivity contribution in [1.29, 1.82) is 0 Å². The average molecular weight is 589 g/mol. The predicted molar refractivity (Wildman–Crippen MR) is 169 cm³/mol. The molecule has 1 aromatic rings. The van der Waals surface area contributed by atoms with Crippen molar-refractivity contribution in [3.63, 3.8) is 0 Å². The molecule has 0 radical (unpaired) electrons. The van der Waals surface area contributed by atoms with Crippen LogP contribution < -0.4 is 20.7 Å². The third kappa shape index (κ3) is 5.05. The van der Waals surface area contributed by atoms with E-state index < -0.39 is 12.1 Å². The fourth-order valence-corrected chi connectivity index (χ4v) is 7.06. The number of allylic oxidation sites excluding steroid dienone is 6. The van der Waals surface area contributed by atoms with E-state index in [1.165, 1.54) is 0 Å². The summed E-state index contributed by atoms with van der Waals surface area (Å²) >= 11 is 0. The van der Waals surface area contributed by atoms with Gasteiger partial charge in [0.1, 0.15) is 0 Å². The minimum absolute atomic E-state index is 0. The van der Waals surface area contributed by atoms with Gasteiger partial charge in [-0.3, -0.25) is 9.79 Å². The molecule has 5 heterocycles. The van der Waals surface area contributed by atoms with E-state index in [2.05, 4.69) is 20.8 Å². The van der Waals surface area contributed by atoms with Gasteiger partial charge in [0.15, 0.2) is 0 Å². The summed E-state index contributed by atoms with van der Waals surface area (Å²) in [6, 6.07) is 0. The van der Waals surface area contributed by atoms with Crippen LogP contribution in [0.5, 0.6) is 0 Å². The number of aliphatic carboxylic acids is 1. The Labute approximate surface area is 267 Å². The number of hydrogen-bond donors (Lipinski definition) is 2. The first-order valence-corrected chi connectivity index (χ1v) is 14.9. The van der Waals surface area contributed by atoms with E-state index in [1.54, 1.807) is 6.92 Å². The largest absolute Gasteiger partial charge is 2.00 e. The summed E-state index contributed by atoms with van der Waals surface area (Å²) in [4.78, 5) is 31.7. The average Bonchev–Trinajstić information content (AvgIpc) is 3.69. The van der Waals surface area contributed by atoms with Crippen molar-refractivity contribution in [2.75, 3.05) is 0 Å². The number of nitrogens with zero attached hydrogens (tertiary/aromatic N) is 4. The Morgan fingerprint density at radius 3 is 2.42 bits per heavy atom. The fraction of sp³-hybridized carbons (Fsp3) is 0.412. The van der Waals surface area contributed by atoms with Gasteiger partial charge in [0.25, 0.3) is 0 Å². The second-order valence-electron chi connectivity index (χ2n) is 11.8. The molecule has 4 aliphatic heterocycles. The Bertz CT molecular complexity index is 1820. The number of aliphatic hydroxyl groups is 1. The minimum atomic E-state index is -0.860. The maximum Gasteiger partial charge on any atom is 2.00 e. The molecule has 0 spiro atoms. The van der Waals surface area contributed by atoms with Crippen LogP contribution in [0.1, 0.15) is 78.5 Å². The number of carboxylic acids is 1. The van der Waals surface area contributed by atoms with Crippen LogP contribution in [-0.4, -0.2) is 62.5 Å². The molecule has 0 amide bonds. The zero-order valence-electron chi connectivity index (χ0n) is 25.7. The molecular formula is C34H36MgN4O4. The Balaban J connectivity index is 0.00000368. The molecule has 1 aromatic heterocycles. The van der Waals surface area contributed by atoms with E-state index in [1.807, 2.05) is 32.1 Å². The maximum absolute atomic E-state index is 13.5. The van der Waals surface area contributed by atoms with Gasteiger partial charge in [0, 0.05) is 35.2 Å². The second kappa shape index (κ2) is 11.7. The monoisotopic (exact) mass is 588 g/mol. The van der Waals surface area contributed by atoms with Gasteiger partial charge in [0.05, 0.1) is 28.9 Å². The molecule has 0 saturated carbocycles. The molecular weight excluding hydrogens is 553 g/mol. The Kier molecular flexibility index (Phi) is 8.46. The number of aliphatic hydroxyl groups excluding tert-OH is 1. The molecule has 218 valence electrons. The van der Waals surface area contributed by atoms with E-state index >= 15 is 0 Å². The number of hydrogen-bond acceptors (Lipinski definition) is 6. The summed E-state index contributed by atoms with van der Waals surface area (Å²) in [6.07, 6.45) is 7.23. The smallest absolute Gasteiger partial charge is 0.875 e. The first-order chi connectivity index (χ1) is 20.0. The topological polar surface area (TPSA) is 132 Å². The van der Waals surface area contributed by atoms with Gasteiger partial charge in [0.2, 0.25) is 0 Å². The number of carbonyl (C=O) groups is 1. The SMILES string of the molecule is CCC1=C(C)C2=NC1=Cc1[n-]c3c(c1CC)=C([O-])CC=3C1=NC(=CC3=NC(=C2)C(C(C)O)=C3C)[C@@H](C)[C@@H]1CCC(=O)O.[Mg+2]. The van der Waals surface area contributed by atoms with Gasteiger partial charge in [-0.25, -0.2) is 9.98 Å². The Morgan fingerprint density at radius 1 is 1.07 bits per heavy atom. The summed E-state index contributed by atoms with van der Waals surface area (Å²) in [7, 11) is 0. The summed E-state index contributed by atoms with van der Waals surface area (Å²) in [5, 5.41) is 35.2. The normalized spacial score (nSPS) is 23.1. The molecule has 0 saturated heterocycles. The summed E-state index contributed by atoms with van der Waals surface area (Å²) in [6.45, 7) is 12.0. The van der Waals surface area contributed by atoms with Crippen LogP contribution in [-0.2, 0) is 11.2 Å². The van der Waals surface area contributed by atoms with Gasteiger partial charge < -0.3 is 20.3 Å². The van der Waals surface area contributed by atoms with Crippen molar-refractivity contribution >= 4 is 63.6 Å². The van der Waals surface area contributed by atoms with Gasteiger partial charge >= 0.3 is 29.0 Å². The minimum Gasteiger partial charge on any atom is -0.875 e. The quantitative estimate of drug-likeness (QED) is 0.493. The zero-order chi connectivity index (χ0) is 30.0. The Morgan fingerprint density at radius 2 is 1.77 bits per heavy atom. The van der Waals surface area contributed by atoms with Crippen molar-refractivity contribution in [1.82, 2.24) is 4.98 Å². The fourth-order valence-electron chi connectivity index (χ4n) is 7.06.